The third-order valence-corrected chi connectivity index (χ3v) is 3.28. The van der Waals surface area contributed by atoms with Gasteiger partial charge >= 0.3 is 12.0 Å². The topological polar surface area (TPSA) is 98.7 Å². The van der Waals surface area contributed by atoms with Crippen LogP contribution in [-0.4, -0.2) is 53.1 Å². The van der Waals surface area contributed by atoms with Crippen molar-refractivity contribution >= 4 is 17.9 Å². The number of amides is 3. The first kappa shape index (κ1) is 15.4. The van der Waals surface area contributed by atoms with E-state index in [9.17, 15) is 14.4 Å². The lowest BCUT2D eigenvalue weighted by atomic mass is 10.00. The van der Waals surface area contributed by atoms with E-state index in [1.165, 1.54) is 0 Å². The number of nitrogens with zero attached hydrogens (tertiary/aromatic N) is 1. The molecule has 1 fully saturated rings. The zero-order chi connectivity index (χ0) is 14.4. The third-order valence-electron chi connectivity index (χ3n) is 3.28. The number of hydrogen-bond acceptors (Lipinski definition) is 4. The Labute approximate surface area is 112 Å². The quantitative estimate of drug-likeness (QED) is 0.676. The molecule has 7 nitrogen and oxygen atoms in total. The van der Waals surface area contributed by atoms with Crippen LogP contribution in [0.1, 0.15) is 33.1 Å². The van der Waals surface area contributed by atoms with E-state index in [4.69, 9.17) is 5.11 Å². The lowest BCUT2D eigenvalue weighted by molar-refractivity contribution is -0.147. The number of urea groups is 1. The molecule has 3 N–H and O–H groups in total. The fraction of sp³-hybridized carbons (Fsp3) is 0.750. The molecule has 0 radical (unpaired) electrons. The van der Waals surface area contributed by atoms with Crippen molar-refractivity contribution < 1.29 is 19.5 Å². The SMILES string of the molecule is CCNC(=O)NC(=O)C(C)N1CCCCC1C(=O)O. The van der Waals surface area contributed by atoms with E-state index in [1.807, 2.05) is 0 Å². The Bertz CT molecular complexity index is 359. The first-order valence-electron chi connectivity index (χ1n) is 6.54. The predicted molar refractivity (Wildman–Crippen MR) is 68.7 cm³/mol. The van der Waals surface area contributed by atoms with Crippen molar-refractivity contribution in [2.24, 2.45) is 0 Å². The van der Waals surface area contributed by atoms with Crippen LogP contribution in [0.2, 0.25) is 0 Å². The maximum absolute atomic E-state index is 11.9. The summed E-state index contributed by atoms with van der Waals surface area (Å²) in [6, 6.07) is -1.84. The minimum atomic E-state index is -0.919. The van der Waals surface area contributed by atoms with Crippen molar-refractivity contribution in [2.45, 2.75) is 45.2 Å². The highest BCUT2D eigenvalue weighted by atomic mass is 16.4. The van der Waals surface area contributed by atoms with Crippen LogP contribution in [0.3, 0.4) is 0 Å². The minimum Gasteiger partial charge on any atom is -0.480 e. The molecule has 0 bridgehead atoms. The van der Waals surface area contributed by atoms with Crippen molar-refractivity contribution in [2.75, 3.05) is 13.1 Å². The number of nitrogens with one attached hydrogen (secondary N) is 2. The number of imide groups is 1. The molecule has 1 aliphatic rings. The highest BCUT2D eigenvalue weighted by Gasteiger charge is 2.34. The predicted octanol–water partition coefficient (Wildman–Crippen LogP) is 0.160. The minimum absolute atomic E-state index is 0.426. The van der Waals surface area contributed by atoms with E-state index in [0.717, 1.165) is 12.8 Å². The molecule has 0 aromatic rings. The normalized spacial score (nSPS) is 21.5. The van der Waals surface area contributed by atoms with Gasteiger partial charge < -0.3 is 10.4 Å². The van der Waals surface area contributed by atoms with Gasteiger partial charge in [0.05, 0.1) is 6.04 Å². The van der Waals surface area contributed by atoms with Gasteiger partial charge in [-0.3, -0.25) is 19.8 Å². The summed E-state index contributed by atoms with van der Waals surface area (Å²) in [4.78, 5) is 36.0. The maximum Gasteiger partial charge on any atom is 0.321 e. The molecule has 0 saturated carbocycles. The first-order chi connectivity index (χ1) is 8.97. The van der Waals surface area contributed by atoms with Crippen LogP contribution < -0.4 is 10.6 Å². The second-order valence-electron chi connectivity index (χ2n) is 4.61. The smallest absolute Gasteiger partial charge is 0.321 e. The molecule has 1 saturated heterocycles. The molecule has 108 valence electrons. The number of carbonyl (C=O) groups excluding carboxylic acids is 2. The third kappa shape index (κ3) is 4.20. The second-order valence-corrected chi connectivity index (χ2v) is 4.61. The highest BCUT2D eigenvalue weighted by molar-refractivity contribution is 5.97. The average molecular weight is 271 g/mol. The van der Waals surface area contributed by atoms with E-state index >= 15 is 0 Å². The largest absolute Gasteiger partial charge is 0.480 e. The average Bonchev–Trinajstić information content (AvgIpc) is 2.37. The molecular weight excluding hydrogens is 250 g/mol. The molecule has 0 aromatic carbocycles. The number of aliphatic carboxylic acids is 1. The van der Waals surface area contributed by atoms with Gasteiger partial charge in [0, 0.05) is 6.54 Å². The van der Waals surface area contributed by atoms with E-state index < -0.39 is 30.0 Å². The van der Waals surface area contributed by atoms with E-state index in [0.29, 0.717) is 19.5 Å². The number of carboxylic acids is 1. The van der Waals surface area contributed by atoms with Gasteiger partial charge in [-0.1, -0.05) is 6.42 Å². The van der Waals surface area contributed by atoms with Crippen molar-refractivity contribution in [3.05, 3.63) is 0 Å². The number of rotatable bonds is 4. The van der Waals surface area contributed by atoms with E-state index in [2.05, 4.69) is 10.6 Å². The molecule has 1 aliphatic heterocycles. The maximum atomic E-state index is 11.9. The Hall–Kier alpha value is -1.63. The molecule has 7 heteroatoms. The highest BCUT2D eigenvalue weighted by Crippen LogP contribution is 2.19. The second kappa shape index (κ2) is 7.08. The van der Waals surface area contributed by atoms with Crippen molar-refractivity contribution in [3.8, 4) is 0 Å². The Morgan fingerprint density at radius 2 is 2.05 bits per heavy atom. The molecule has 0 spiro atoms. The molecule has 3 amide bonds. The van der Waals surface area contributed by atoms with Crippen LogP contribution in [0.5, 0.6) is 0 Å². The molecular formula is C12H21N3O4. The van der Waals surface area contributed by atoms with Crippen LogP contribution in [0, 0.1) is 0 Å². The number of likely N-dealkylation sites (tertiary alicyclic amines) is 1. The Balaban J connectivity index is 2.63. The number of piperidine rings is 1. The summed E-state index contributed by atoms with van der Waals surface area (Å²) in [7, 11) is 0. The van der Waals surface area contributed by atoms with E-state index in [-0.39, 0.29) is 0 Å². The standard InChI is InChI=1S/C12H21N3O4/c1-3-13-12(19)14-10(16)8(2)15-7-5-4-6-9(15)11(17)18/h8-9H,3-7H2,1-2H3,(H,17,18)(H2,13,14,16,19). The Morgan fingerprint density at radius 1 is 1.37 bits per heavy atom. The summed E-state index contributed by atoms with van der Waals surface area (Å²) >= 11 is 0. The molecule has 2 unspecified atom stereocenters. The summed E-state index contributed by atoms with van der Waals surface area (Å²) in [5.74, 6) is -1.39. The summed E-state index contributed by atoms with van der Waals surface area (Å²) in [5, 5.41) is 13.8. The van der Waals surface area contributed by atoms with E-state index in [1.54, 1.807) is 18.7 Å². The van der Waals surface area contributed by atoms with Gasteiger partial charge in [-0.15, -0.1) is 0 Å². The molecule has 19 heavy (non-hydrogen) atoms. The van der Waals surface area contributed by atoms with Crippen LogP contribution in [0.4, 0.5) is 4.79 Å². The summed E-state index contributed by atoms with van der Waals surface area (Å²) in [6.45, 7) is 4.35. The number of carbonyl (C=O) groups is 3. The molecule has 2 atom stereocenters. The fourth-order valence-corrected chi connectivity index (χ4v) is 2.25. The molecule has 0 aliphatic carbocycles. The van der Waals surface area contributed by atoms with Crippen LogP contribution >= 0.6 is 0 Å². The van der Waals surface area contributed by atoms with Gasteiger partial charge in [0.1, 0.15) is 6.04 Å². The summed E-state index contributed by atoms with van der Waals surface area (Å²) in [6.07, 6.45) is 2.24. The van der Waals surface area contributed by atoms with Gasteiger partial charge in [0.2, 0.25) is 5.91 Å². The fourth-order valence-electron chi connectivity index (χ4n) is 2.25. The molecule has 0 aromatic heterocycles. The Kier molecular flexibility index (Phi) is 5.75. The zero-order valence-electron chi connectivity index (χ0n) is 11.3. The Morgan fingerprint density at radius 3 is 2.63 bits per heavy atom. The zero-order valence-corrected chi connectivity index (χ0v) is 11.3. The van der Waals surface area contributed by atoms with Crippen LogP contribution in [0.25, 0.3) is 0 Å². The molecule has 1 heterocycles. The van der Waals surface area contributed by atoms with Gasteiger partial charge in [-0.2, -0.15) is 0 Å². The van der Waals surface area contributed by atoms with Crippen molar-refractivity contribution in [1.82, 2.24) is 15.5 Å². The van der Waals surface area contributed by atoms with Gasteiger partial charge in [0.15, 0.2) is 0 Å². The van der Waals surface area contributed by atoms with Gasteiger partial charge in [-0.25, -0.2) is 4.79 Å². The lowest BCUT2D eigenvalue weighted by Gasteiger charge is -2.36. The molecule has 1 rings (SSSR count). The number of hydrogen-bond donors (Lipinski definition) is 3. The van der Waals surface area contributed by atoms with Gasteiger partial charge in [-0.05, 0) is 33.2 Å². The van der Waals surface area contributed by atoms with Crippen molar-refractivity contribution in [3.63, 3.8) is 0 Å². The van der Waals surface area contributed by atoms with Crippen LogP contribution in [-0.2, 0) is 9.59 Å². The first-order valence-corrected chi connectivity index (χ1v) is 6.54. The van der Waals surface area contributed by atoms with Crippen molar-refractivity contribution in [1.29, 1.82) is 0 Å². The summed E-state index contributed by atoms with van der Waals surface area (Å²) in [5.41, 5.74) is 0. The van der Waals surface area contributed by atoms with Crippen LogP contribution in [0.15, 0.2) is 0 Å². The van der Waals surface area contributed by atoms with Gasteiger partial charge in [0.25, 0.3) is 0 Å². The lowest BCUT2D eigenvalue weighted by Crippen LogP contribution is -2.56. The summed E-state index contributed by atoms with van der Waals surface area (Å²) < 4.78 is 0. The number of carboxylic acid groups (broad SMARTS) is 1. The monoisotopic (exact) mass is 271 g/mol.